The Bertz CT molecular complexity index is 306. The van der Waals surface area contributed by atoms with E-state index in [0.717, 1.165) is 12.8 Å². The average molecular weight is 242 g/mol. The van der Waals surface area contributed by atoms with E-state index in [1.807, 2.05) is 0 Å². The summed E-state index contributed by atoms with van der Waals surface area (Å²) in [6.07, 6.45) is 2.43. The number of nitrogens with two attached hydrogens (primary N) is 1. The fourth-order valence-corrected chi connectivity index (χ4v) is 1.57. The van der Waals surface area contributed by atoms with Crippen molar-refractivity contribution in [1.29, 1.82) is 0 Å². The number of rotatable bonds is 4. The van der Waals surface area contributed by atoms with Gasteiger partial charge in [0.2, 0.25) is 17.7 Å². The third-order valence-electron chi connectivity index (χ3n) is 2.50. The van der Waals surface area contributed by atoms with E-state index < -0.39 is 11.9 Å². The van der Waals surface area contributed by atoms with E-state index in [-0.39, 0.29) is 24.9 Å². The third kappa shape index (κ3) is 4.81. The summed E-state index contributed by atoms with van der Waals surface area (Å²) in [5.41, 5.74) is 5.08. The van der Waals surface area contributed by atoms with Crippen molar-refractivity contribution in [1.82, 2.24) is 16.0 Å². The van der Waals surface area contributed by atoms with Crippen molar-refractivity contribution in [2.24, 2.45) is 5.73 Å². The lowest BCUT2D eigenvalue weighted by molar-refractivity contribution is -0.129. The van der Waals surface area contributed by atoms with Crippen LogP contribution in [0.25, 0.3) is 0 Å². The molecule has 0 spiro atoms. The van der Waals surface area contributed by atoms with Gasteiger partial charge in [0.1, 0.15) is 6.04 Å². The van der Waals surface area contributed by atoms with E-state index in [1.54, 1.807) is 0 Å². The Morgan fingerprint density at radius 1 is 1.35 bits per heavy atom. The van der Waals surface area contributed by atoms with Crippen molar-refractivity contribution in [2.75, 3.05) is 19.6 Å². The molecule has 17 heavy (non-hydrogen) atoms. The molecule has 5 N–H and O–H groups in total. The highest BCUT2D eigenvalue weighted by atomic mass is 16.2. The SMILES string of the molecule is NCC(=O)NCC(=O)NC1CCCCNC1=O. The van der Waals surface area contributed by atoms with Crippen molar-refractivity contribution in [3.8, 4) is 0 Å². The van der Waals surface area contributed by atoms with Crippen LogP contribution in [-0.4, -0.2) is 43.4 Å². The molecule has 0 aliphatic carbocycles. The van der Waals surface area contributed by atoms with Crippen LogP contribution in [0.15, 0.2) is 0 Å². The van der Waals surface area contributed by atoms with E-state index in [4.69, 9.17) is 5.73 Å². The van der Waals surface area contributed by atoms with Crippen molar-refractivity contribution < 1.29 is 14.4 Å². The fraction of sp³-hybridized carbons (Fsp3) is 0.700. The summed E-state index contributed by atoms with van der Waals surface area (Å²) in [4.78, 5) is 33.8. The van der Waals surface area contributed by atoms with Gasteiger partial charge in [0.15, 0.2) is 0 Å². The Morgan fingerprint density at radius 2 is 2.12 bits per heavy atom. The van der Waals surface area contributed by atoms with E-state index in [9.17, 15) is 14.4 Å². The Labute approximate surface area is 99.5 Å². The van der Waals surface area contributed by atoms with E-state index in [2.05, 4.69) is 16.0 Å². The second-order valence-electron chi connectivity index (χ2n) is 3.89. The van der Waals surface area contributed by atoms with E-state index >= 15 is 0 Å². The number of amides is 3. The highest BCUT2D eigenvalue weighted by Gasteiger charge is 2.22. The van der Waals surface area contributed by atoms with Gasteiger partial charge in [0, 0.05) is 6.54 Å². The summed E-state index contributed by atoms with van der Waals surface area (Å²) in [6.45, 7) is 0.339. The third-order valence-corrected chi connectivity index (χ3v) is 2.50. The lowest BCUT2D eigenvalue weighted by Gasteiger charge is -2.15. The minimum atomic E-state index is -0.500. The van der Waals surface area contributed by atoms with E-state index in [0.29, 0.717) is 13.0 Å². The van der Waals surface area contributed by atoms with Crippen LogP contribution in [0.1, 0.15) is 19.3 Å². The summed E-state index contributed by atoms with van der Waals surface area (Å²) in [5, 5.41) is 7.64. The summed E-state index contributed by atoms with van der Waals surface area (Å²) < 4.78 is 0. The number of nitrogens with one attached hydrogen (secondary N) is 3. The number of carbonyl (C=O) groups excluding carboxylic acids is 3. The lowest BCUT2D eigenvalue weighted by atomic mass is 10.1. The Hall–Kier alpha value is -1.63. The van der Waals surface area contributed by atoms with Gasteiger partial charge < -0.3 is 21.7 Å². The van der Waals surface area contributed by atoms with Gasteiger partial charge in [-0.2, -0.15) is 0 Å². The quantitative estimate of drug-likeness (QED) is 0.450. The molecule has 1 heterocycles. The molecule has 0 aromatic rings. The van der Waals surface area contributed by atoms with E-state index in [1.165, 1.54) is 0 Å². The normalized spacial score (nSPS) is 20.1. The van der Waals surface area contributed by atoms with Gasteiger partial charge in [0.25, 0.3) is 0 Å². The molecule has 0 aromatic heterocycles. The summed E-state index contributed by atoms with van der Waals surface area (Å²) in [7, 11) is 0. The van der Waals surface area contributed by atoms with Gasteiger partial charge in [-0.1, -0.05) is 0 Å². The van der Waals surface area contributed by atoms with Crippen LogP contribution in [0, 0.1) is 0 Å². The highest BCUT2D eigenvalue weighted by molar-refractivity contribution is 5.90. The number of carbonyl (C=O) groups is 3. The topological polar surface area (TPSA) is 113 Å². The lowest BCUT2D eigenvalue weighted by Crippen LogP contribution is -2.49. The largest absolute Gasteiger partial charge is 0.354 e. The Kier molecular flexibility index (Phi) is 5.41. The first kappa shape index (κ1) is 13.4. The molecule has 96 valence electrons. The number of hydrogen-bond donors (Lipinski definition) is 4. The maximum absolute atomic E-state index is 11.5. The zero-order valence-electron chi connectivity index (χ0n) is 9.62. The molecule has 7 heteroatoms. The van der Waals surface area contributed by atoms with Crippen LogP contribution in [0.5, 0.6) is 0 Å². The maximum Gasteiger partial charge on any atom is 0.242 e. The molecule has 1 saturated heterocycles. The molecule has 1 unspecified atom stereocenters. The van der Waals surface area contributed by atoms with Crippen LogP contribution < -0.4 is 21.7 Å². The van der Waals surface area contributed by atoms with Gasteiger partial charge in [0.05, 0.1) is 13.1 Å². The molecule has 1 fully saturated rings. The predicted molar refractivity (Wildman–Crippen MR) is 60.9 cm³/mol. The van der Waals surface area contributed by atoms with Gasteiger partial charge in [-0.25, -0.2) is 0 Å². The average Bonchev–Trinajstić information content (AvgIpc) is 2.52. The molecule has 1 rings (SSSR count). The smallest absolute Gasteiger partial charge is 0.242 e. The first-order chi connectivity index (χ1) is 8.13. The molecule has 1 atom stereocenters. The second kappa shape index (κ2) is 6.85. The molecule has 0 aromatic carbocycles. The molecule has 0 bridgehead atoms. The Morgan fingerprint density at radius 3 is 2.82 bits per heavy atom. The van der Waals surface area contributed by atoms with Gasteiger partial charge in [-0.3, -0.25) is 14.4 Å². The summed E-state index contributed by atoms with van der Waals surface area (Å²) in [5.74, 6) is -0.944. The van der Waals surface area contributed by atoms with Gasteiger partial charge >= 0.3 is 0 Å². The molecular weight excluding hydrogens is 224 g/mol. The summed E-state index contributed by atoms with van der Waals surface area (Å²) >= 11 is 0. The molecule has 3 amide bonds. The van der Waals surface area contributed by atoms with Crippen LogP contribution >= 0.6 is 0 Å². The van der Waals surface area contributed by atoms with Crippen LogP contribution in [-0.2, 0) is 14.4 Å². The van der Waals surface area contributed by atoms with Gasteiger partial charge in [-0.05, 0) is 19.3 Å². The van der Waals surface area contributed by atoms with Crippen molar-refractivity contribution in [2.45, 2.75) is 25.3 Å². The molecule has 7 nitrogen and oxygen atoms in total. The fourth-order valence-electron chi connectivity index (χ4n) is 1.57. The minimum absolute atomic E-state index is 0.153. The van der Waals surface area contributed by atoms with Crippen LogP contribution in [0.3, 0.4) is 0 Å². The number of hydrogen-bond acceptors (Lipinski definition) is 4. The summed E-state index contributed by atoms with van der Waals surface area (Å²) in [6, 6.07) is -0.500. The van der Waals surface area contributed by atoms with Crippen molar-refractivity contribution >= 4 is 17.7 Å². The highest BCUT2D eigenvalue weighted by Crippen LogP contribution is 2.04. The van der Waals surface area contributed by atoms with Crippen molar-refractivity contribution in [3.05, 3.63) is 0 Å². The monoisotopic (exact) mass is 242 g/mol. The molecule has 0 radical (unpaired) electrons. The Balaban J connectivity index is 2.33. The van der Waals surface area contributed by atoms with Crippen molar-refractivity contribution in [3.63, 3.8) is 0 Å². The predicted octanol–water partition coefficient (Wildman–Crippen LogP) is -2.15. The molecular formula is C10H18N4O3. The van der Waals surface area contributed by atoms with Crippen LogP contribution in [0.4, 0.5) is 0 Å². The first-order valence-electron chi connectivity index (χ1n) is 5.67. The molecule has 0 saturated carbocycles. The molecule has 1 aliphatic heterocycles. The standard InChI is InChI=1S/C10H18N4O3/c11-5-8(15)13-6-9(16)14-7-3-1-2-4-12-10(7)17/h7H,1-6,11H2,(H,12,17)(H,13,15)(H,14,16). The zero-order valence-corrected chi connectivity index (χ0v) is 9.62. The maximum atomic E-state index is 11.5. The minimum Gasteiger partial charge on any atom is -0.354 e. The second-order valence-corrected chi connectivity index (χ2v) is 3.89. The molecule has 1 aliphatic rings. The van der Waals surface area contributed by atoms with Gasteiger partial charge in [-0.15, -0.1) is 0 Å². The zero-order chi connectivity index (χ0) is 12.7. The van der Waals surface area contributed by atoms with Crippen LogP contribution in [0.2, 0.25) is 0 Å². The first-order valence-corrected chi connectivity index (χ1v) is 5.67.